The van der Waals surface area contributed by atoms with Crippen LogP contribution < -0.4 is 5.32 Å². The molecule has 0 spiro atoms. The Morgan fingerprint density at radius 1 is 1.10 bits per heavy atom. The first-order chi connectivity index (χ1) is 10.3. The summed E-state index contributed by atoms with van der Waals surface area (Å²) in [5, 5.41) is 6.73. The number of benzene rings is 2. The Morgan fingerprint density at radius 2 is 1.81 bits per heavy atom. The highest BCUT2D eigenvalue weighted by molar-refractivity contribution is 9.09. The van der Waals surface area contributed by atoms with Crippen molar-refractivity contribution in [2.75, 3.05) is 5.33 Å². The number of halogens is 1. The fourth-order valence-corrected chi connectivity index (χ4v) is 3.76. The standard InChI is InChI=1S/C17H14BrNOS/c18-10-15(12-6-2-1-3-7-12)19-17(20)14-11-21-16-9-5-4-8-13(14)16/h1-9,11,15H,10H2,(H,19,20). The quantitative estimate of drug-likeness (QED) is 0.668. The Labute approximate surface area is 135 Å². The number of alkyl halides is 1. The van der Waals surface area contributed by atoms with Crippen LogP contribution in [0.1, 0.15) is 22.0 Å². The third-order valence-electron chi connectivity index (χ3n) is 3.39. The Hall–Kier alpha value is -1.65. The summed E-state index contributed by atoms with van der Waals surface area (Å²) in [6.45, 7) is 0. The molecule has 1 N–H and O–H groups in total. The molecule has 0 aliphatic heterocycles. The second kappa shape index (κ2) is 6.41. The summed E-state index contributed by atoms with van der Waals surface area (Å²) in [6.07, 6.45) is 0. The van der Waals surface area contributed by atoms with Crippen molar-refractivity contribution in [2.45, 2.75) is 6.04 Å². The summed E-state index contributed by atoms with van der Waals surface area (Å²) in [5.74, 6) is -0.0271. The molecule has 0 aliphatic rings. The monoisotopic (exact) mass is 359 g/mol. The fraction of sp³-hybridized carbons (Fsp3) is 0.118. The lowest BCUT2D eigenvalue weighted by Crippen LogP contribution is -2.29. The van der Waals surface area contributed by atoms with Gasteiger partial charge >= 0.3 is 0 Å². The first kappa shape index (κ1) is 14.3. The summed E-state index contributed by atoms with van der Waals surface area (Å²) in [6, 6.07) is 17.9. The van der Waals surface area contributed by atoms with Gasteiger partial charge < -0.3 is 5.32 Å². The van der Waals surface area contributed by atoms with Crippen molar-refractivity contribution in [1.82, 2.24) is 5.32 Å². The molecule has 0 fully saturated rings. The van der Waals surface area contributed by atoms with Crippen molar-refractivity contribution in [3.8, 4) is 0 Å². The zero-order chi connectivity index (χ0) is 14.7. The average Bonchev–Trinajstić information content (AvgIpc) is 2.97. The summed E-state index contributed by atoms with van der Waals surface area (Å²) < 4.78 is 1.14. The summed E-state index contributed by atoms with van der Waals surface area (Å²) in [4.78, 5) is 12.5. The van der Waals surface area contributed by atoms with E-state index in [0.29, 0.717) is 5.33 Å². The van der Waals surface area contributed by atoms with Gasteiger partial charge in [-0.15, -0.1) is 11.3 Å². The van der Waals surface area contributed by atoms with Crippen LogP contribution in [0.15, 0.2) is 60.0 Å². The Morgan fingerprint density at radius 3 is 2.57 bits per heavy atom. The first-order valence-electron chi connectivity index (χ1n) is 6.67. The maximum absolute atomic E-state index is 12.5. The highest BCUT2D eigenvalue weighted by Gasteiger charge is 2.17. The Kier molecular flexibility index (Phi) is 4.36. The SMILES string of the molecule is O=C(NC(CBr)c1ccccc1)c1csc2ccccc12. The molecule has 3 rings (SSSR count). The largest absolute Gasteiger partial charge is 0.344 e. The molecule has 3 aromatic rings. The molecule has 1 unspecified atom stereocenters. The predicted octanol–water partition coefficient (Wildman–Crippen LogP) is 4.77. The number of amides is 1. The van der Waals surface area contributed by atoms with Gasteiger partial charge in [0.1, 0.15) is 0 Å². The molecular formula is C17H14BrNOS. The lowest BCUT2D eigenvalue weighted by molar-refractivity contribution is 0.0943. The molecule has 1 amide bonds. The first-order valence-corrected chi connectivity index (χ1v) is 8.67. The van der Waals surface area contributed by atoms with Crippen LogP contribution in [0.2, 0.25) is 0 Å². The zero-order valence-corrected chi connectivity index (χ0v) is 13.7. The number of carbonyl (C=O) groups excluding carboxylic acids is 1. The molecule has 0 bridgehead atoms. The average molecular weight is 360 g/mol. The fourth-order valence-electron chi connectivity index (χ4n) is 2.29. The minimum atomic E-state index is -0.0302. The molecule has 0 radical (unpaired) electrons. The summed E-state index contributed by atoms with van der Waals surface area (Å²) >= 11 is 5.08. The number of nitrogens with one attached hydrogen (secondary N) is 1. The lowest BCUT2D eigenvalue weighted by atomic mass is 10.1. The normalized spacial score (nSPS) is 12.2. The van der Waals surface area contributed by atoms with E-state index >= 15 is 0 Å². The van der Waals surface area contributed by atoms with Crippen LogP contribution in [-0.4, -0.2) is 11.2 Å². The summed E-state index contributed by atoms with van der Waals surface area (Å²) in [7, 11) is 0. The van der Waals surface area contributed by atoms with Crippen molar-refractivity contribution in [3.05, 3.63) is 71.1 Å². The van der Waals surface area contributed by atoms with Crippen molar-refractivity contribution >= 4 is 43.3 Å². The van der Waals surface area contributed by atoms with Crippen molar-refractivity contribution in [2.24, 2.45) is 0 Å². The van der Waals surface area contributed by atoms with Gasteiger partial charge in [0.05, 0.1) is 11.6 Å². The van der Waals surface area contributed by atoms with E-state index in [1.807, 2.05) is 60.0 Å². The second-order valence-electron chi connectivity index (χ2n) is 4.74. The van der Waals surface area contributed by atoms with E-state index in [2.05, 4.69) is 21.2 Å². The molecule has 1 atom stereocenters. The van der Waals surface area contributed by atoms with Crippen molar-refractivity contribution in [3.63, 3.8) is 0 Å². The van der Waals surface area contributed by atoms with Crippen LogP contribution in [0.4, 0.5) is 0 Å². The van der Waals surface area contributed by atoms with Crippen LogP contribution in [0, 0.1) is 0 Å². The van der Waals surface area contributed by atoms with Gasteiger partial charge in [-0.1, -0.05) is 64.5 Å². The molecule has 106 valence electrons. The topological polar surface area (TPSA) is 29.1 Å². The molecule has 1 heterocycles. The number of rotatable bonds is 4. The van der Waals surface area contributed by atoms with Crippen LogP contribution in [-0.2, 0) is 0 Å². The van der Waals surface area contributed by atoms with E-state index in [-0.39, 0.29) is 11.9 Å². The molecule has 2 nitrogen and oxygen atoms in total. The summed E-state index contributed by atoms with van der Waals surface area (Å²) in [5.41, 5.74) is 1.85. The van der Waals surface area contributed by atoms with Crippen LogP contribution in [0.5, 0.6) is 0 Å². The number of hydrogen-bond donors (Lipinski definition) is 1. The van der Waals surface area contributed by atoms with E-state index < -0.39 is 0 Å². The molecule has 0 saturated heterocycles. The smallest absolute Gasteiger partial charge is 0.253 e. The molecule has 1 aromatic heterocycles. The van der Waals surface area contributed by atoms with E-state index in [4.69, 9.17) is 0 Å². The maximum atomic E-state index is 12.5. The molecule has 21 heavy (non-hydrogen) atoms. The van der Waals surface area contributed by atoms with Gasteiger partial charge in [0.15, 0.2) is 0 Å². The van der Waals surface area contributed by atoms with Crippen LogP contribution in [0.25, 0.3) is 10.1 Å². The van der Waals surface area contributed by atoms with Gasteiger partial charge in [0.2, 0.25) is 0 Å². The third-order valence-corrected chi connectivity index (χ3v) is 5.00. The number of hydrogen-bond acceptors (Lipinski definition) is 2. The van der Waals surface area contributed by atoms with E-state index in [1.165, 1.54) is 0 Å². The lowest BCUT2D eigenvalue weighted by Gasteiger charge is -2.16. The van der Waals surface area contributed by atoms with Crippen molar-refractivity contribution in [1.29, 1.82) is 0 Å². The van der Waals surface area contributed by atoms with Gasteiger partial charge in [-0.25, -0.2) is 0 Å². The Balaban J connectivity index is 1.85. The molecule has 4 heteroatoms. The van der Waals surface area contributed by atoms with Gasteiger partial charge in [-0.05, 0) is 11.6 Å². The minimum Gasteiger partial charge on any atom is -0.344 e. The highest BCUT2D eigenvalue weighted by Crippen LogP contribution is 2.26. The Bertz CT molecular complexity index is 754. The van der Waals surface area contributed by atoms with Gasteiger partial charge in [0, 0.05) is 20.8 Å². The number of fused-ring (bicyclic) bond motifs is 1. The van der Waals surface area contributed by atoms with Crippen molar-refractivity contribution < 1.29 is 4.79 Å². The second-order valence-corrected chi connectivity index (χ2v) is 6.30. The van der Waals surface area contributed by atoms with Gasteiger partial charge in [0.25, 0.3) is 5.91 Å². The molecule has 2 aromatic carbocycles. The van der Waals surface area contributed by atoms with Crippen LogP contribution >= 0.6 is 27.3 Å². The van der Waals surface area contributed by atoms with Gasteiger partial charge in [-0.2, -0.15) is 0 Å². The molecular weight excluding hydrogens is 346 g/mol. The number of carbonyl (C=O) groups is 1. The van der Waals surface area contributed by atoms with E-state index in [9.17, 15) is 4.79 Å². The van der Waals surface area contributed by atoms with E-state index in [1.54, 1.807) is 11.3 Å². The minimum absolute atomic E-state index is 0.0271. The molecule has 0 saturated carbocycles. The highest BCUT2D eigenvalue weighted by atomic mass is 79.9. The zero-order valence-electron chi connectivity index (χ0n) is 11.3. The maximum Gasteiger partial charge on any atom is 0.253 e. The third kappa shape index (κ3) is 3.01. The van der Waals surface area contributed by atoms with E-state index in [0.717, 1.165) is 21.2 Å². The van der Waals surface area contributed by atoms with Gasteiger partial charge in [-0.3, -0.25) is 4.79 Å². The van der Waals surface area contributed by atoms with Crippen LogP contribution in [0.3, 0.4) is 0 Å². The number of thiophene rings is 1. The predicted molar refractivity (Wildman–Crippen MR) is 92.3 cm³/mol. The molecule has 0 aliphatic carbocycles.